The van der Waals surface area contributed by atoms with Crippen LogP contribution >= 0.6 is 11.3 Å². The molecule has 2 aliphatic rings. The molecule has 1 aromatic heterocycles. The second kappa shape index (κ2) is 8.77. The maximum Gasteiger partial charge on any atom is 0.257 e. The number of nitrogens with one attached hydrogen (secondary N) is 1. The highest BCUT2D eigenvalue weighted by Gasteiger charge is 2.31. The van der Waals surface area contributed by atoms with Gasteiger partial charge in [-0.25, -0.2) is 13.4 Å². The number of fused-ring (bicyclic) bond motifs is 1. The summed E-state index contributed by atoms with van der Waals surface area (Å²) >= 11 is 1.31. The summed E-state index contributed by atoms with van der Waals surface area (Å²) in [4.78, 5) is 17.4. The largest absolute Gasteiger partial charge is 0.454 e. The third-order valence-corrected chi connectivity index (χ3v) is 8.64. The van der Waals surface area contributed by atoms with E-state index in [9.17, 15) is 13.2 Å². The highest BCUT2D eigenvalue weighted by atomic mass is 32.2. The Balaban J connectivity index is 1.28. The van der Waals surface area contributed by atoms with Gasteiger partial charge in [-0.2, -0.15) is 4.31 Å². The van der Waals surface area contributed by atoms with Crippen molar-refractivity contribution in [3.63, 3.8) is 0 Å². The number of hydrogen-bond donors (Lipinski definition) is 1. The van der Waals surface area contributed by atoms with Crippen LogP contribution in [0.5, 0.6) is 11.5 Å². The van der Waals surface area contributed by atoms with E-state index in [0.717, 1.165) is 24.8 Å². The lowest BCUT2D eigenvalue weighted by Crippen LogP contribution is -2.41. The molecule has 1 atom stereocenters. The average molecular weight is 486 g/mol. The molecule has 0 saturated carbocycles. The van der Waals surface area contributed by atoms with Gasteiger partial charge in [0.1, 0.15) is 0 Å². The monoisotopic (exact) mass is 485 g/mol. The minimum absolute atomic E-state index is 0.0180. The van der Waals surface area contributed by atoms with E-state index in [0.29, 0.717) is 34.4 Å². The summed E-state index contributed by atoms with van der Waals surface area (Å²) in [5.74, 6) is 1.01. The molecule has 2 aliphatic heterocycles. The van der Waals surface area contributed by atoms with Gasteiger partial charge in [-0.05, 0) is 62.2 Å². The van der Waals surface area contributed by atoms with Gasteiger partial charge in [0.15, 0.2) is 16.6 Å². The normalized spacial score (nSPS) is 18.3. The molecule has 33 heavy (non-hydrogen) atoms. The molecule has 172 valence electrons. The van der Waals surface area contributed by atoms with Gasteiger partial charge in [0.05, 0.1) is 10.6 Å². The molecule has 1 N–H and O–H groups in total. The Labute approximate surface area is 196 Å². The lowest BCUT2D eigenvalue weighted by Gasteiger charge is -2.32. The van der Waals surface area contributed by atoms with Crippen molar-refractivity contribution in [2.24, 2.45) is 0 Å². The molecule has 5 rings (SSSR count). The quantitative estimate of drug-likeness (QED) is 0.577. The van der Waals surface area contributed by atoms with E-state index >= 15 is 0 Å². The Hall–Kier alpha value is -2.95. The number of rotatable bonds is 5. The van der Waals surface area contributed by atoms with Crippen LogP contribution in [0.2, 0.25) is 0 Å². The van der Waals surface area contributed by atoms with Gasteiger partial charge in [0, 0.05) is 29.1 Å². The van der Waals surface area contributed by atoms with Gasteiger partial charge in [-0.15, -0.1) is 11.3 Å². The lowest BCUT2D eigenvalue weighted by atomic mass is 10.1. The fourth-order valence-corrected chi connectivity index (χ4v) is 6.45. The number of hydrogen-bond acceptors (Lipinski definition) is 7. The molecule has 1 saturated heterocycles. The summed E-state index contributed by atoms with van der Waals surface area (Å²) in [7, 11) is -3.57. The Morgan fingerprint density at radius 2 is 1.91 bits per heavy atom. The SMILES string of the molecule is CC1CCCCN1S(=O)(=O)c1ccc(C(=O)Nc2nc(-c3ccc4c(c3)OCO4)cs2)cc1. The van der Waals surface area contributed by atoms with Crippen molar-refractivity contribution in [1.82, 2.24) is 9.29 Å². The Kier molecular flexibility index (Phi) is 5.81. The van der Waals surface area contributed by atoms with Crippen LogP contribution in [0.4, 0.5) is 5.13 Å². The number of nitrogens with zero attached hydrogens (tertiary/aromatic N) is 2. The topological polar surface area (TPSA) is 97.8 Å². The number of ether oxygens (including phenoxy) is 2. The molecule has 0 aliphatic carbocycles. The zero-order valence-electron chi connectivity index (χ0n) is 18.0. The Morgan fingerprint density at radius 3 is 2.70 bits per heavy atom. The predicted molar refractivity (Wildman–Crippen MR) is 125 cm³/mol. The van der Waals surface area contributed by atoms with Crippen LogP contribution in [-0.2, 0) is 10.0 Å². The number of piperidine rings is 1. The fourth-order valence-electron chi connectivity index (χ4n) is 4.03. The number of sulfonamides is 1. The van der Waals surface area contributed by atoms with Crippen molar-refractivity contribution >= 4 is 32.4 Å². The molecule has 8 nitrogen and oxygen atoms in total. The Bertz CT molecular complexity index is 1290. The standard InChI is InChI=1S/C23H23N3O5S2/c1-15-4-2-3-11-26(15)33(28,29)18-8-5-16(6-9-18)22(27)25-23-24-19(13-32-23)17-7-10-20-21(12-17)31-14-30-20/h5-10,12-13,15H,2-4,11,14H2,1H3,(H,24,25,27). The highest BCUT2D eigenvalue weighted by molar-refractivity contribution is 7.89. The number of aromatic nitrogens is 1. The van der Waals surface area contributed by atoms with Crippen molar-refractivity contribution in [2.75, 3.05) is 18.7 Å². The molecule has 1 unspecified atom stereocenters. The first-order valence-corrected chi connectivity index (χ1v) is 13.0. The number of thiazole rings is 1. The van der Waals surface area contributed by atoms with Crippen molar-refractivity contribution in [3.8, 4) is 22.8 Å². The van der Waals surface area contributed by atoms with Crippen molar-refractivity contribution in [1.29, 1.82) is 0 Å². The van der Waals surface area contributed by atoms with Crippen LogP contribution < -0.4 is 14.8 Å². The van der Waals surface area contributed by atoms with Crippen LogP contribution in [0.3, 0.4) is 0 Å². The summed E-state index contributed by atoms with van der Waals surface area (Å²) in [5.41, 5.74) is 1.93. The molecular weight excluding hydrogens is 462 g/mol. The summed E-state index contributed by atoms with van der Waals surface area (Å²) in [6, 6.07) is 11.6. The zero-order valence-corrected chi connectivity index (χ0v) is 19.6. The van der Waals surface area contributed by atoms with Gasteiger partial charge in [-0.1, -0.05) is 6.42 Å². The smallest absolute Gasteiger partial charge is 0.257 e. The van der Waals surface area contributed by atoms with Crippen LogP contribution in [0, 0.1) is 0 Å². The average Bonchev–Trinajstić information content (AvgIpc) is 3.48. The molecular formula is C23H23N3O5S2. The van der Waals surface area contributed by atoms with Gasteiger partial charge in [0.25, 0.3) is 5.91 Å². The van der Waals surface area contributed by atoms with Gasteiger partial charge in [-0.3, -0.25) is 10.1 Å². The number of carbonyl (C=O) groups is 1. The third kappa shape index (κ3) is 4.33. The first kappa shape index (κ1) is 21.9. The predicted octanol–water partition coefficient (Wildman–Crippen LogP) is 4.35. The molecule has 3 aromatic rings. The number of carbonyl (C=O) groups excluding carboxylic acids is 1. The van der Waals surface area contributed by atoms with Crippen molar-refractivity contribution < 1.29 is 22.7 Å². The lowest BCUT2D eigenvalue weighted by molar-refractivity contribution is 0.102. The molecule has 0 radical (unpaired) electrons. The molecule has 1 amide bonds. The van der Waals surface area contributed by atoms with Gasteiger partial charge < -0.3 is 9.47 Å². The number of benzene rings is 2. The highest BCUT2D eigenvalue weighted by Crippen LogP contribution is 2.36. The summed E-state index contributed by atoms with van der Waals surface area (Å²) < 4.78 is 38.2. The van der Waals surface area contributed by atoms with Gasteiger partial charge >= 0.3 is 0 Å². The van der Waals surface area contributed by atoms with Crippen LogP contribution in [0.15, 0.2) is 52.7 Å². The van der Waals surface area contributed by atoms with Crippen LogP contribution in [0.25, 0.3) is 11.3 Å². The molecule has 2 aromatic carbocycles. The summed E-state index contributed by atoms with van der Waals surface area (Å²) in [6.07, 6.45) is 2.77. The minimum atomic E-state index is -3.57. The third-order valence-electron chi connectivity index (χ3n) is 5.86. The molecule has 10 heteroatoms. The van der Waals surface area contributed by atoms with Gasteiger partial charge in [0.2, 0.25) is 16.8 Å². The van der Waals surface area contributed by atoms with E-state index in [4.69, 9.17) is 9.47 Å². The zero-order chi connectivity index (χ0) is 23.0. The van der Waals surface area contributed by atoms with E-state index in [-0.39, 0.29) is 23.6 Å². The van der Waals surface area contributed by atoms with Crippen molar-refractivity contribution in [2.45, 2.75) is 37.1 Å². The van der Waals surface area contributed by atoms with Crippen LogP contribution in [0.1, 0.15) is 36.5 Å². The van der Waals surface area contributed by atoms with E-state index in [2.05, 4.69) is 10.3 Å². The first-order valence-electron chi connectivity index (χ1n) is 10.7. The molecule has 0 bridgehead atoms. The second-order valence-electron chi connectivity index (χ2n) is 8.04. The first-order chi connectivity index (χ1) is 15.9. The Morgan fingerprint density at radius 1 is 1.12 bits per heavy atom. The fraction of sp³-hybridized carbons (Fsp3) is 0.304. The van der Waals surface area contributed by atoms with E-state index in [1.165, 1.54) is 35.6 Å². The summed E-state index contributed by atoms with van der Waals surface area (Å²) in [6.45, 7) is 2.67. The van der Waals surface area contributed by atoms with Crippen molar-refractivity contribution in [3.05, 3.63) is 53.4 Å². The molecule has 0 spiro atoms. The summed E-state index contributed by atoms with van der Waals surface area (Å²) in [5, 5.41) is 5.08. The maximum absolute atomic E-state index is 13.0. The minimum Gasteiger partial charge on any atom is -0.454 e. The van der Waals surface area contributed by atoms with Crippen LogP contribution in [-0.4, -0.2) is 43.0 Å². The number of anilines is 1. The van der Waals surface area contributed by atoms with E-state index in [1.54, 1.807) is 4.31 Å². The second-order valence-corrected chi connectivity index (χ2v) is 10.8. The number of amides is 1. The van der Waals surface area contributed by atoms with E-state index < -0.39 is 10.0 Å². The molecule has 3 heterocycles. The maximum atomic E-state index is 13.0. The molecule has 1 fully saturated rings. The van der Waals surface area contributed by atoms with E-state index in [1.807, 2.05) is 30.5 Å².